The minimum absolute atomic E-state index is 0.0621. The summed E-state index contributed by atoms with van der Waals surface area (Å²) in [5, 5.41) is 3.78. The van der Waals surface area contributed by atoms with Gasteiger partial charge in [0, 0.05) is 4.91 Å². The van der Waals surface area contributed by atoms with Gasteiger partial charge < -0.3 is 9.47 Å². The van der Waals surface area contributed by atoms with Gasteiger partial charge in [0.1, 0.15) is 24.4 Å². The Kier molecular flexibility index (Phi) is 6.28. The second-order valence-corrected chi connectivity index (χ2v) is 7.32. The quantitative estimate of drug-likeness (QED) is 0.388. The minimum atomic E-state index is -1.10. The maximum absolute atomic E-state index is 13.4. The lowest BCUT2D eigenvalue weighted by Crippen LogP contribution is -2.42. The molecule has 156 valence electrons. The highest BCUT2D eigenvalue weighted by molar-refractivity contribution is 5.97. The molecule has 3 rings (SSSR count). The monoisotopic (exact) mass is 408 g/mol. The number of carbonyl (C=O) groups excluding carboxylic acids is 2. The Labute approximate surface area is 175 Å². The Morgan fingerprint density at radius 1 is 1.27 bits per heavy atom. The molecule has 1 aliphatic rings. The summed E-state index contributed by atoms with van der Waals surface area (Å²) in [5.74, 6) is -0.324. The van der Waals surface area contributed by atoms with Crippen molar-refractivity contribution in [2.24, 2.45) is 5.11 Å². The van der Waals surface area contributed by atoms with Crippen molar-refractivity contribution in [2.75, 3.05) is 13.7 Å². The second-order valence-electron chi connectivity index (χ2n) is 7.32. The summed E-state index contributed by atoms with van der Waals surface area (Å²) in [4.78, 5) is 29.8. The van der Waals surface area contributed by atoms with E-state index in [1.54, 1.807) is 7.11 Å². The molecule has 2 aromatic rings. The van der Waals surface area contributed by atoms with Crippen LogP contribution in [0.3, 0.4) is 0 Å². The number of hydrogen-bond donors (Lipinski definition) is 0. The predicted octanol–water partition coefficient (Wildman–Crippen LogP) is 4.81. The van der Waals surface area contributed by atoms with Crippen LogP contribution < -0.4 is 4.74 Å². The molecule has 2 amide bonds. The highest BCUT2D eigenvalue weighted by Gasteiger charge is 2.43. The van der Waals surface area contributed by atoms with E-state index in [-0.39, 0.29) is 6.61 Å². The summed E-state index contributed by atoms with van der Waals surface area (Å²) in [7, 11) is 1.59. The van der Waals surface area contributed by atoms with E-state index < -0.39 is 30.0 Å². The molecule has 1 fully saturated rings. The van der Waals surface area contributed by atoms with Crippen molar-refractivity contribution in [1.82, 2.24) is 4.90 Å². The molecule has 0 spiro atoms. The third-order valence-corrected chi connectivity index (χ3v) is 5.46. The maximum Gasteiger partial charge on any atom is 0.417 e. The average molecular weight is 408 g/mol. The van der Waals surface area contributed by atoms with Crippen LogP contribution in [0.25, 0.3) is 10.4 Å². The summed E-state index contributed by atoms with van der Waals surface area (Å²) in [6.07, 6.45) is -0.734. The number of cyclic esters (lactones) is 1. The second kappa shape index (κ2) is 8.88. The molecule has 2 aromatic carbocycles. The first-order chi connectivity index (χ1) is 14.4. The molecule has 0 aliphatic carbocycles. The van der Waals surface area contributed by atoms with Gasteiger partial charge in [0.2, 0.25) is 5.91 Å². The number of imide groups is 1. The van der Waals surface area contributed by atoms with Gasteiger partial charge in [0.25, 0.3) is 0 Å². The third-order valence-electron chi connectivity index (χ3n) is 5.46. The van der Waals surface area contributed by atoms with Crippen LogP contribution in [0.2, 0.25) is 0 Å². The molecule has 30 heavy (non-hydrogen) atoms. The number of ether oxygens (including phenoxy) is 2. The molecule has 0 N–H and O–H groups in total. The SMILES string of the molecule is COc1cc(C)c([C@H](C)[C@H](N=[N+]=[N-])C(=O)N2C(=O)OC[C@H]2c2ccccc2)c(C)c1. The van der Waals surface area contributed by atoms with Gasteiger partial charge in [0.15, 0.2) is 0 Å². The molecule has 8 heteroatoms. The number of hydrogen-bond acceptors (Lipinski definition) is 5. The zero-order chi connectivity index (χ0) is 21.8. The molecular formula is C22H24N4O4. The van der Waals surface area contributed by atoms with Crippen molar-refractivity contribution in [1.29, 1.82) is 0 Å². The Morgan fingerprint density at radius 3 is 2.47 bits per heavy atom. The number of rotatable bonds is 6. The van der Waals surface area contributed by atoms with E-state index in [0.717, 1.165) is 27.2 Å². The van der Waals surface area contributed by atoms with Crippen molar-refractivity contribution in [2.45, 2.75) is 38.8 Å². The summed E-state index contributed by atoms with van der Waals surface area (Å²) in [5.41, 5.74) is 12.6. The minimum Gasteiger partial charge on any atom is -0.497 e. The van der Waals surface area contributed by atoms with Crippen LogP contribution in [0.5, 0.6) is 5.75 Å². The topological polar surface area (TPSA) is 105 Å². The van der Waals surface area contributed by atoms with Gasteiger partial charge in [-0.05, 0) is 59.7 Å². The van der Waals surface area contributed by atoms with E-state index in [4.69, 9.17) is 15.0 Å². The maximum atomic E-state index is 13.4. The van der Waals surface area contributed by atoms with Crippen molar-refractivity contribution in [3.63, 3.8) is 0 Å². The largest absolute Gasteiger partial charge is 0.497 e. The molecule has 1 aliphatic heterocycles. The van der Waals surface area contributed by atoms with Gasteiger partial charge >= 0.3 is 6.09 Å². The summed E-state index contributed by atoms with van der Waals surface area (Å²) in [6.45, 7) is 5.70. The van der Waals surface area contributed by atoms with Gasteiger partial charge in [0.05, 0.1) is 7.11 Å². The lowest BCUT2D eigenvalue weighted by molar-refractivity contribution is -0.131. The van der Waals surface area contributed by atoms with E-state index in [1.807, 2.05) is 63.2 Å². The van der Waals surface area contributed by atoms with E-state index in [1.165, 1.54) is 0 Å². The molecule has 0 radical (unpaired) electrons. The lowest BCUT2D eigenvalue weighted by atomic mass is 9.86. The number of nitrogens with zero attached hydrogens (tertiary/aromatic N) is 4. The van der Waals surface area contributed by atoms with E-state index in [0.29, 0.717) is 5.75 Å². The predicted molar refractivity (Wildman–Crippen MR) is 111 cm³/mol. The standard InChI is InChI=1S/C22H24N4O4/c1-13-10-17(29-4)11-14(2)19(13)15(3)20(24-25-23)21(27)26-18(12-30-22(26)28)16-8-6-5-7-9-16/h5-11,15,18,20H,12H2,1-4H3/t15-,18-,20-/m0/s1. The molecule has 8 nitrogen and oxygen atoms in total. The highest BCUT2D eigenvalue weighted by atomic mass is 16.6. The summed E-state index contributed by atoms with van der Waals surface area (Å²) >= 11 is 0. The zero-order valence-electron chi connectivity index (χ0n) is 17.4. The molecule has 1 heterocycles. The van der Waals surface area contributed by atoms with Crippen molar-refractivity contribution >= 4 is 12.0 Å². The number of benzene rings is 2. The Balaban J connectivity index is 1.99. The number of aryl methyl sites for hydroxylation is 2. The Bertz CT molecular complexity index is 978. The number of amides is 2. The van der Waals surface area contributed by atoms with Crippen LogP contribution in [-0.2, 0) is 9.53 Å². The van der Waals surface area contributed by atoms with Crippen molar-refractivity contribution in [3.8, 4) is 5.75 Å². The van der Waals surface area contributed by atoms with E-state index in [9.17, 15) is 9.59 Å². The van der Waals surface area contributed by atoms with Gasteiger partial charge in [-0.3, -0.25) is 4.79 Å². The van der Waals surface area contributed by atoms with E-state index >= 15 is 0 Å². The van der Waals surface area contributed by atoms with Crippen molar-refractivity contribution < 1.29 is 19.1 Å². The molecule has 3 atom stereocenters. The molecule has 0 aromatic heterocycles. The first-order valence-corrected chi connectivity index (χ1v) is 9.63. The van der Waals surface area contributed by atoms with Crippen LogP contribution in [-0.4, -0.2) is 36.7 Å². The van der Waals surface area contributed by atoms with Crippen LogP contribution in [0, 0.1) is 13.8 Å². The lowest BCUT2D eigenvalue weighted by Gasteiger charge is -2.28. The fraction of sp³-hybridized carbons (Fsp3) is 0.364. The Hall–Kier alpha value is -3.51. The molecule has 0 bridgehead atoms. The van der Waals surface area contributed by atoms with Crippen LogP contribution in [0.4, 0.5) is 4.79 Å². The first-order valence-electron chi connectivity index (χ1n) is 9.63. The number of azide groups is 1. The van der Waals surface area contributed by atoms with Crippen molar-refractivity contribution in [3.05, 3.63) is 75.2 Å². The van der Waals surface area contributed by atoms with Crippen LogP contribution >= 0.6 is 0 Å². The fourth-order valence-corrected chi connectivity index (χ4v) is 4.08. The van der Waals surface area contributed by atoms with Gasteiger partial charge in [-0.1, -0.05) is 42.4 Å². The summed E-state index contributed by atoms with van der Waals surface area (Å²) < 4.78 is 10.5. The smallest absolute Gasteiger partial charge is 0.417 e. The first kappa shape index (κ1) is 21.2. The zero-order valence-corrected chi connectivity index (χ0v) is 17.4. The van der Waals surface area contributed by atoms with Gasteiger partial charge in [-0.25, -0.2) is 9.69 Å². The molecule has 0 saturated carbocycles. The molecular weight excluding hydrogens is 384 g/mol. The fourth-order valence-electron chi connectivity index (χ4n) is 4.08. The average Bonchev–Trinajstić information content (AvgIpc) is 3.12. The molecule has 1 saturated heterocycles. The van der Waals surface area contributed by atoms with Crippen LogP contribution in [0.1, 0.15) is 41.1 Å². The number of carbonyl (C=O) groups is 2. The summed E-state index contributed by atoms with van der Waals surface area (Å²) in [6, 6.07) is 11.3. The third kappa shape index (κ3) is 3.95. The normalized spacial score (nSPS) is 17.7. The van der Waals surface area contributed by atoms with E-state index in [2.05, 4.69) is 10.0 Å². The Morgan fingerprint density at radius 2 is 1.90 bits per heavy atom. The van der Waals surface area contributed by atoms with Gasteiger partial charge in [-0.2, -0.15) is 0 Å². The molecule has 0 unspecified atom stereocenters. The number of methoxy groups -OCH3 is 1. The van der Waals surface area contributed by atoms with Crippen LogP contribution in [0.15, 0.2) is 47.6 Å². The van der Waals surface area contributed by atoms with Gasteiger partial charge in [-0.15, -0.1) is 0 Å². The highest BCUT2D eigenvalue weighted by Crippen LogP contribution is 2.35.